The number of Topliss-reactive ketones (excluding diaryl/α,β-unsaturated/α-hetero) is 1. The molecule has 0 radical (unpaired) electrons. The fraction of sp³-hybridized carbons (Fsp3) is 0.300. The van der Waals surface area contributed by atoms with Crippen molar-refractivity contribution in [3.05, 3.63) is 34.3 Å². The van der Waals surface area contributed by atoms with E-state index in [2.05, 4.69) is 0 Å². The SMILES string of the molecule is CC(=O)C(F)(F)c1ccc(Cl)cc1C. The second-order valence-corrected chi connectivity index (χ2v) is 3.53. The normalized spacial score (nSPS) is 11.5. The topological polar surface area (TPSA) is 17.1 Å². The van der Waals surface area contributed by atoms with Crippen molar-refractivity contribution < 1.29 is 13.6 Å². The third-order valence-electron chi connectivity index (χ3n) is 1.97. The summed E-state index contributed by atoms with van der Waals surface area (Å²) in [4.78, 5) is 10.7. The summed E-state index contributed by atoms with van der Waals surface area (Å²) in [5, 5.41) is 0.380. The summed E-state index contributed by atoms with van der Waals surface area (Å²) in [6.45, 7) is 2.37. The molecule has 0 aliphatic carbocycles. The van der Waals surface area contributed by atoms with Gasteiger partial charge in [0.05, 0.1) is 0 Å². The molecule has 76 valence electrons. The van der Waals surface area contributed by atoms with Gasteiger partial charge in [0.2, 0.25) is 5.78 Å². The van der Waals surface area contributed by atoms with Gasteiger partial charge in [0.25, 0.3) is 0 Å². The highest BCUT2D eigenvalue weighted by Gasteiger charge is 2.38. The highest BCUT2D eigenvalue weighted by atomic mass is 35.5. The first kappa shape index (κ1) is 11.1. The lowest BCUT2D eigenvalue weighted by molar-refractivity contribution is -0.142. The molecule has 4 heteroatoms. The molecule has 0 N–H and O–H groups in total. The predicted octanol–water partition coefficient (Wildman–Crippen LogP) is 3.33. The van der Waals surface area contributed by atoms with E-state index in [0.29, 0.717) is 10.6 Å². The molecule has 0 bridgehead atoms. The van der Waals surface area contributed by atoms with Gasteiger partial charge >= 0.3 is 5.92 Å². The maximum absolute atomic E-state index is 13.3. The third-order valence-corrected chi connectivity index (χ3v) is 2.20. The Labute approximate surface area is 85.7 Å². The number of carbonyl (C=O) groups excluding carboxylic acids is 1. The molecule has 0 aromatic heterocycles. The molecule has 0 spiro atoms. The molecule has 0 saturated carbocycles. The molecule has 0 aliphatic heterocycles. The summed E-state index contributed by atoms with van der Waals surface area (Å²) in [6, 6.07) is 3.94. The molecule has 1 nitrogen and oxygen atoms in total. The summed E-state index contributed by atoms with van der Waals surface area (Å²) < 4.78 is 26.6. The van der Waals surface area contributed by atoms with Gasteiger partial charge in [0.15, 0.2) is 0 Å². The lowest BCUT2D eigenvalue weighted by atomic mass is 10.0. The van der Waals surface area contributed by atoms with Crippen molar-refractivity contribution in [1.29, 1.82) is 0 Å². The fourth-order valence-electron chi connectivity index (χ4n) is 1.17. The van der Waals surface area contributed by atoms with Crippen molar-refractivity contribution in [2.45, 2.75) is 19.8 Å². The summed E-state index contributed by atoms with van der Waals surface area (Å²) in [7, 11) is 0. The zero-order valence-electron chi connectivity index (χ0n) is 7.77. The van der Waals surface area contributed by atoms with Crippen LogP contribution in [0.15, 0.2) is 18.2 Å². The standard InChI is InChI=1S/C10H9ClF2O/c1-6-5-8(11)3-4-9(6)10(12,13)7(2)14/h3-5H,1-2H3. The molecular formula is C10H9ClF2O. The minimum atomic E-state index is -3.42. The molecule has 0 saturated heterocycles. The average molecular weight is 219 g/mol. The van der Waals surface area contributed by atoms with Gasteiger partial charge in [-0.3, -0.25) is 4.79 Å². The van der Waals surface area contributed by atoms with Gasteiger partial charge in [0.1, 0.15) is 0 Å². The van der Waals surface area contributed by atoms with E-state index >= 15 is 0 Å². The van der Waals surface area contributed by atoms with Crippen LogP contribution in [-0.4, -0.2) is 5.78 Å². The van der Waals surface area contributed by atoms with Gasteiger partial charge in [-0.1, -0.05) is 17.7 Å². The van der Waals surface area contributed by atoms with E-state index in [4.69, 9.17) is 11.6 Å². The van der Waals surface area contributed by atoms with Crippen LogP contribution in [0, 0.1) is 6.92 Å². The number of aryl methyl sites for hydroxylation is 1. The molecule has 1 aromatic carbocycles. The number of halogens is 3. The quantitative estimate of drug-likeness (QED) is 0.744. The smallest absolute Gasteiger partial charge is 0.293 e. The number of hydrogen-bond donors (Lipinski definition) is 0. The Morgan fingerprint density at radius 3 is 2.43 bits per heavy atom. The summed E-state index contributed by atoms with van der Waals surface area (Å²) in [5.41, 5.74) is 0.0344. The van der Waals surface area contributed by atoms with E-state index in [1.54, 1.807) is 0 Å². The Balaban J connectivity index is 3.26. The first-order valence-electron chi connectivity index (χ1n) is 4.01. The van der Waals surface area contributed by atoms with Crippen molar-refractivity contribution in [3.63, 3.8) is 0 Å². The van der Waals surface area contributed by atoms with Crippen molar-refractivity contribution in [1.82, 2.24) is 0 Å². The fourth-order valence-corrected chi connectivity index (χ4v) is 1.40. The molecule has 1 rings (SSSR count). The van der Waals surface area contributed by atoms with Crippen LogP contribution < -0.4 is 0 Å². The van der Waals surface area contributed by atoms with E-state index in [0.717, 1.165) is 6.92 Å². The molecule has 0 aliphatic rings. The van der Waals surface area contributed by atoms with Crippen LogP contribution in [0.2, 0.25) is 5.02 Å². The Bertz CT molecular complexity index is 374. The average Bonchev–Trinajstić information content (AvgIpc) is 2.02. The van der Waals surface area contributed by atoms with Crippen LogP contribution in [0.1, 0.15) is 18.1 Å². The zero-order valence-corrected chi connectivity index (χ0v) is 8.53. The number of hydrogen-bond acceptors (Lipinski definition) is 1. The van der Waals surface area contributed by atoms with Gasteiger partial charge in [-0.25, -0.2) is 0 Å². The maximum atomic E-state index is 13.3. The molecule has 1 aromatic rings. The summed E-state index contributed by atoms with van der Waals surface area (Å²) >= 11 is 5.62. The van der Waals surface area contributed by atoms with Crippen molar-refractivity contribution >= 4 is 17.4 Å². The lowest BCUT2D eigenvalue weighted by Gasteiger charge is -2.15. The van der Waals surface area contributed by atoms with Gasteiger partial charge in [0, 0.05) is 17.5 Å². The van der Waals surface area contributed by atoms with Crippen LogP contribution in [0.4, 0.5) is 8.78 Å². The van der Waals surface area contributed by atoms with Crippen LogP contribution in [0.3, 0.4) is 0 Å². The Morgan fingerprint density at radius 2 is 2.00 bits per heavy atom. The number of rotatable bonds is 2. The Morgan fingerprint density at radius 1 is 1.43 bits per heavy atom. The molecule has 0 heterocycles. The highest BCUT2D eigenvalue weighted by Crippen LogP contribution is 2.32. The largest absolute Gasteiger partial charge is 0.330 e. The van der Waals surface area contributed by atoms with E-state index < -0.39 is 11.7 Å². The van der Waals surface area contributed by atoms with E-state index in [9.17, 15) is 13.6 Å². The van der Waals surface area contributed by atoms with Gasteiger partial charge in [-0.15, -0.1) is 0 Å². The number of ketones is 1. The van der Waals surface area contributed by atoms with E-state index in [-0.39, 0.29) is 5.56 Å². The van der Waals surface area contributed by atoms with Gasteiger partial charge in [-0.05, 0) is 24.6 Å². The van der Waals surface area contributed by atoms with Crippen molar-refractivity contribution in [2.75, 3.05) is 0 Å². The van der Waals surface area contributed by atoms with E-state index in [1.807, 2.05) is 0 Å². The lowest BCUT2D eigenvalue weighted by Crippen LogP contribution is -2.24. The second-order valence-electron chi connectivity index (χ2n) is 3.09. The molecule has 0 unspecified atom stereocenters. The second kappa shape index (κ2) is 3.65. The monoisotopic (exact) mass is 218 g/mol. The van der Waals surface area contributed by atoms with Crippen molar-refractivity contribution in [3.8, 4) is 0 Å². The van der Waals surface area contributed by atoms with Gasteiger partial charge in [-0.2, -0.15) is 8.78 Å². The Hall–Kier alpha value is -0.960. The van der Waals surface area contributed by atoms with Crippen LogP contribution in [0.5, 0.6) is 0 Å². The maximum Gasteiger partial charge on any atom is 0.330 e. The minimum Gasteiger partial charge on any atom is -0.293 e. The van der Waals surface area contributed by atoms with Crippen LogP contribution in [0.25, 0.3) is 0 Å². The first-order chi connectivity index (χ1) is 6.35. The first-order valence-corrected chi connectivity index (χ1v) is 4.39. The molecule has 0 fully saturated rings. The highest BCUT2D eigenvalue weighted by molar-refractivity contribution is 6.30. The van der Waals surface area contributed by atoms with E-state index in [1.165, 1.54) is 25.1 Å². The number of alkyl halides is 2. The number of benzene rings is 1. The predicted molar refractivity (Wildman–Crippen MR) is 50.8 cm³/mol. The third kappa shape index (κ3) is 1.93. The minimum absolute atomic E-state index is 0.283. The summed E-state index contributed by atoms with van der Waals surface area (Å²) in [6.07, 6.45) is 0. The van der Waals surface area contributed by atoms with Crippen LogP contribution in [-0.2, 0) is 10.7 Å². The Kier molecular flexibility index (Phi) is 2.90. The van der Waals surface area contributed by atoms with Crippen molar-refractivity contribution in [2.24, 2.45) is 0 Å². The summed E-state index contributed by atoms with van der Waals surface area (Å²) in [5.74, 6) is -4.59. The zero-order chi connectivity index (χ0) is 10.9. The molecular weight excluding hydrogens is 210 g/mol. The van der Waals surface area contributed by atoms with Gasteiger partial charge < -0.3 is 0 Å². The molecule has 14 heavy (non-hydrogen) atoms. The van der Waals surface area contributed by atoms with Crippen LogP contribution >= 0.6 is 11.6 Å². The molecule has 0 atom stereocenters. The number of carbonyl (C=O) groups is 1. The molecule has 0 amide bonds.